The van der Waals surface area contributed by atoms with E-state index in [1.807, 2.05) is 11.3 Å². The van der Waals surface area contributed by atoms with Crippen LogP contribution >= 0.6 is 11.3 Å². The van der Waals surface area contributed by atoms with Crippen molar-refractivity contribution < 1.29 is 9.90 Å². The number of aliphatic hydroxyl groups excluding tert-OH is 1. The van der Waals surface area contributed by atoms with Crippen molar-refractivity contribution in [1.29, 1.82) is 0 Å². The number of carbonyl (C=O) groups is 1. The minimum Gasteiger partial charge on any atom is -0.388 e. The molecule has 1 aliphatic rings. The smallest absolute Gasteiger partial charge is 0.191 e. The van der Waals surface area contributed by atoms with Gasteiger partial charge >= 0.3 is 0 Å². The minimum absolute atomic E-state index is 0.159. The van der Waals surface area contributed by atoms with Crippen molar-refractivity contribution in [2.45, 2.75) is 24.7 Å². The fourth-order valence-electron chi connectivity index (χ4n) is 2.89. The Morgan fingerprint density at radius 1 is 1.22 bits per heavy atom. The van der Waals surface area contributed by atoms with Gasteiger partial charge < -0.3 is 5.11 Å². The molecule has 3 aromatic rings. The molecule has 1 N–H and O–H groups in total. The summed E-state index contributed by atoms with van der Waals surface area (Å²) in [5, 5.41) is 10.2. The second kappa shape index (κ2) is 5.51. The summed E-state index contributed by atoms with van der Waals surface area (Å²) in [5.41, 5.74) is 0.523. The monoisotopic (exact) mass is 324 g/mol. The van der Waals surface area contributed by atoms with Crippen molar-refractivity contribution in [3.05, 3.63) is 59.0 Å². The van der Waals surface area contributed by atoms with Crippen LogP contribution < -0.4 is 0 Å². The van der Waals surface area contributed by atoms with Crippen LogP contribution in [0.3, 0.4) is 0 Å². The maximum atomic E-state index is 11.4. The van der Waals surface area contributed by atoms with E-state index in [9.17, 15) is 4.79 Å². The van der Waals surface area contributed by atoms with E-state index in [0.717, 1.165) is 25.1 Å². The number of hydrogen-bond acceptors (Lipinski definition) is 5. The van der Waals surface area contributed by atoms with Gasteiger partial charge in [-0.1, -0.05) is 18.2 Å². The van der Waals surface area contributed by atoms with Gasteiger partial charge in [0.25, 0.3) is 0 Å². The molecule has 0 saturated heterocycles. The zero-order valence-electron chi connectivity index (χ0n) is 12.5. The average molecular weight is 324 g/mol. The van der Waals surface area contributed by atoms with E-state index < -0.39 is 6.61 Å². The molecule has 5 heteroatoms. The zero-order valence-corrected chi connectivity index (χ0v) is 13.3. The normalized spacial score (nSPS) is 15.7. The lowest BCUT2D eigenvalue weighted by Crippen LogP contribution is -2.13. The number of aromatic nitrogens is 2. The summed E-state index contributed by atoms with van der Waals surface area (Å²) in [7, 11) is 0. The highest BCUT2D eigenvalue weighted by molar-refractivity contribution is 7.19. The summed E-state index contributed by atoms with van der Waals surface area (Å²) in [4.78, 5) is 21.4. The molecule has 1 aliphatic carbocycles. The van der Waals surface area contributed by atoms with Crippen LogP contribution in [0.15, 0.2) is 42.7 Å². The summed E-state index contributed by atoms with van der Waals surface area (Å²) in [6.07, 6.45) is 6.14. The quantitative estimate of drug-likeness (QED) is 0.732. The van der Waals surface area contributed by atoms with Gasteiger partial charge in [0.05, 0.1) is 5.56 Å². The van der Waals surface area contributed by atoms with Gasteiger partial charge in [-0.05, 0) is 30.4 Å². The molecule has 2 aromatic heterocycles. The molecule has 0 amide bonds. The van der Waals surface area contributed by atoms with E-state index in [2.05, 4.69) is 40.3 Å². The van der Waals surface area contributed by atoms with Crippen molar-refractivity contribution in [2.75, 3.05) is 6.61 Å². The number of Topliss-reactive ketones (excluding diaryl/α,β-unsaturated/α-hetero) is 1. The van der Waals surface area contributed by atoms with E-state index in [-0.39, 0.29) is 11.2 Å². The first-order valence-corrected chi connectivity index (χ1v) is 8.46. The number of ketones is 1. The summed E-state index contributed by atoms with van der Waals surface area (Å²) >= 11 is 1.85. The third-order valence-corrected chi connectivity index (χ3v) is 5.83. The van der Waals surface area contributed by atoms with E-state index in [4.69, 9.17) is 5.11 Å². The number of nitrogens with zero attached hydrogens (tertiary/aromatic N) is 2. The Balaban J connectivity index is 1.59. The molecule has 0 unspecified atom stereocenters. The molecule has 0 atom stereocenters. The minimum atomic E-state index is -0.506. The second-order valence-electron chi connectivity index (χ2n) is 6.07. The van der Waals surface area contributed by atoms with Gasteiger partial charge in [-0.2, -0.15) is 0 Å². The van der Waals surface area contributed by atoms with Crippen LogP contribution in [-0.4, -0.2) is 27.5 Å². The second-order valence-corrected chi connectivity index (χ2v) is 7.16. The average Bonchev–Trinajstić information content (AvgIpc) is 3.23. The van der Waals surface area contributed by atoms with E-state index in [1.54, 1.807) is 0 Å². The predicted molar refractivity (Wildman–Crippen MR) is 89.9 cm³/mol. The fraction of sp³-hybridized carbons (Fsp3) is 0.278. The van der Waals surface area contributed by atoms with Crippen molar-refractivity contribution in [3.63, 3.8) is 0 Å². The largest absolute Gasteiger partial charge is 0.388 e. The third kappa shape index (κ3) is 2.66. The Morgan fingerprint density at radius 2 is 1.96 bits per heavy atom. The number of rotatable bonds is 5. The molecular weight excluding hydrogens is 308 g/mol. The molecule has 4 rings (SSSR count). The number of fused-ring (bicyclic) bond motifs is 1. The number of carbonyl (C=O) groups excluding carboxylic acids is 1. The lowest BCUT2D eigenvalue weighted by atomic mass is 9.99. The molecule has 0 spiro atoms. The van der Waals surface area contributed by atoms with Crippen molar-refractivity contribution in [2.24, 2.45) is 0 Å². The highest BCUT2D eigenvalue weighted by Crippen LogP contribution is 2.53. The number of aliphatic hydroxyl groups is 1. The SMILES string of the molecule is O=C(CO)c1cnc(CC2(c3cc4ccccc4s3)CC2)nc1. The summed E-state index contributed by atoms with van der Waals surface area (Å²) in [6.45, 7) is -0.506. The maximum Gasteiger partial charge on any atom is 0.191 e. The van der Waals surface area contributed by atoms with Crippen LogP contribution in [0.5, 0.6) is 0 Å². The Morgan fingerprint density at radius 3 is 2.61 bits per heavy atom. The molecule has 116 valence electrons. The van der Waals surface area contributed by atoms with Crippen molar-refractivity contribution in [3.8, 4) is 0 Å². The van der Waals surface area contributed by atoms with Gasteiger partial charge in [-0.15, -0.1) is 11.3 Å². The highest BCUT2D eigenvalue weighted by atomic mass is 32.1. The van der Waals surface area contributed by atoms with E-state index >= 15 is 0 Å². The maximum absolute atomic E-state index is 11.4. The fourth-order valence-corrected chi connectivity index (χ4v) is 4.20. The number of thiophene rings is 1. The molecule has 4 nitrogen and oxygen atoms in total. The van der Waals surface area contributed by atoms with E-state index in [0.29, 0.717) is 5.56 Å². The standard InChI is InChI=1S/C18H16N2O2S/c21-11-14(22)13-9-19-17(20-10-13)8-18(5-6-18)16-7-12-3-1-2-4-15(12)23-16/h1-4,7,9-10,21H,5-6,8,11H2. The molecule has 0 radical (unpaired) electrons. The molecule has 0 aliphatic heterocycles. The topological polar surface area (TPSA) is 63.1 Å². The van der Waals surface area contributed by atoms with Gasteiger partial charge in [0.2, 0.25) is 0 Å². The van der Waals surface area contributed by atoms with Gasteiger partial charge in [0.1, 0.15) is 12.4 Å². The molecule has 1 aromatic carbocycles. The predicted octanol–water partition coefficient (Wildman–Crippen LogP) is 3.14. The van der Waals surface area contributed by atoms with Gasteiger partial charge in [0, 0.05) is 33.8 Å². The first-order chi connectivity index (χ1) is 11.2. The van der Waals surface area contributed by atoms with Crippen molar-refractivity contribution in [1.82, 2.24) is 9.97 Å². The lowest BCUT2D eigenvalue weighted by molar-refractivity contribution is 0.0903. The highest BCUT2D eigenvalue weighted by Gasteiger charge is 2.46. The molecule has 0 bridgehead atoms. The van der Waals surface area contributed by atoms with Crippen LogP contribution in [0.2, 0.25) is 0 Å². The number of hydrogen-bond donors (Lipinski definition) is 1. The molecule has 2 heterocycles. The van der Waals surface area contributed by atoms with Crippen LogP contribution in [0, 0.1) is 0 Å². The Labute approximate surface area is 137 Å². The van der Waals surface area contributed by atoms with Gasteiger partial charge in [0.15, 0.2) is 5.78 Å². The van der Waals surface area contributed by atoms with Crippen LogP contribution in [-0.2, 0) is 11.8 Å². The first kappa shape index (κ1) is 14.5. The zero-order chi connectivity index (χ0) is 15.9. The molecule has 1 fully saturated rings. The summed E-state index contributed by atoms with van der Waals surface area (Å²) in [5.74, 6) is 0.414. The van der Waals surface area contributed by atoms with Crippen LogP contribution in [0.4, 0.5) is 0 Å². The first-order valence-electron chi connectivity index (χ1n) is 7.64. The van der Waals surface area contributed by atoms with Crippen LogP contribution in [0.1, 0.15) is 33.9 Å². The Kier molecular flexibility index (Phi) is 3.47. The third-order valence-electron chi connectivity index (χ3n) is 4.47. The Bertz CT molecular complexity index is 833. The summed E-state index contributed by atoms with van der Waals surface area (Å²) < 4.78 is 1.32. The van der Waals surface area contributed by atoms with Crippen LogP contribution in [0.25, 0.3) is 10.1 Å². The number of benzene rings is 1. The molecular formula is C18H16N2O2S. The Hall–Kier alpha value is -2.11. The molecule has 1 saturated carbocycles. The van der Waals surface area contributed by atoms with E-state index in [1.165, 1.54) is 27.4 Å². The van der Waals surface area contributed by atoms with Gasteiger partial charge in [-0.3, -0.25) is 4.79 Å². The van der Waals surface area contributed by atoms with Crippen molar-refractivity contribution >= 4 is 27.2 Å². The summed E-state index contributed by atoms with van der Waals surface area (Å²) in [6, 6.07) is 10.7. The molecule has 23 heavy (non-hydrogen) atoms. The lowest BCUT2D eigenvalue weighted by Gasteiger charge is -2.11. The van der Waals surface area contributed by atoms with Gasteiger partial charge in [-0.25, -0.2) is 9.97 Å².